The van der Waals surface area contributed by atoms with Gasteiger partial charge in [0.1, 0.15) is 5.58 Å². The molecule has 1 fully saturated rings. The second kappa shape index (κ2) is 2.86. The molecule has 86 valence electrons. The first-order valence-corrected chi connectivity index (χ1v) is 5.94. The maximum Gasteiger partial charge on any atom is 0.153 e. The predicted octanol–water partition coefficient (Wildman–Crippen LogP) is 3.78. The van der Waals surface area contributed by atoms with Crippen molar-refractivity contribution in [2.75, 3.05) is 0 Å². The Morgan fingerprint density at radius 2 is 1.71 bits per heavy atom. The average Bonchev–Trinajstić information content (AvgIpc) is 2.79. The standard InChI is InChI=1S/C13H10ClNO2/c14-10-8-2-6-16-11(8)9(13(15)3-4-13)7-1-5-17-12(7)10/h1-2,5-6H,3-4,15H2. The van der Waals surface area contributed by atoms with Gasteiger partial charge in [0.25, 0.3) is 0 Å². The van der Waals surface area contributed by atoms with Crippen molar-refractivity contribution >= 4 is 33.5 Å². The Morgan fingerprint density at radius 1 is 1.06 bits per heavy atom. The largest absolute Gasteiger partial charge is 0.464 e. The van der Waals surface area contributed by atoms with Crippen molar-refractivity contribution < 1.29 is 8.83 Å². The highest BCUT2D eigenvalue weighted by molar-refractivity contribution is 6.40. The Kier molecular flexibility index (Phi) is 1.61. The molecule has 0 atom stereocenters. The van der Waals surface area contributed by atoms with E-state index in [1.807, 2.05) is 12.1 Å². The van der Waals surface area contributed by atoms with Gasteiger partial charge in [-0.1, -0.05) is 11.6 Å². The molecule has 3 nitrogen and oxygen atoms in total. The van der Waals surface area contributed by atoms with E-state index in [0.717, 1.165) is 34.8 Å². The third kappa shape index (κ3) is 1.10. The molecule has 2 heterocycles. The Labute approximate surface area is 102 Å². The van der Waals surface area contributed by atoms with Gasteiger partial charge in [-0.25, -0.2) is 0 Å². The van der Waals surface area contributed by atoms with Crippen LogP contribution in [-0.2, 0) is 5.54 Å². The Morgan fingerprint density at radius 3 is 2.41 bits per heavy atom. The van der Waals surface area contributed by atoms with Gasteiger partial charge in [-0.3, -0.25) is 0 Å². The van der Waals surface area contributed by atoms with Crippen LogP contribution >= 0.6 is 11.6 Å². The van der Waals surface area contributed by atoms with Gasteiger partial charge < -0.3 is 14.6 Å². The molecule has 4 heteroatoms. The first kappa shape index (κ1) is 9.57. The summed E-state index contributed by atoms with van der Waals surface area (Å²) in [5.74, 6) is 0. The number of rotatable bonds is 1. The normalized spacial score (nSPS) is 18.0. The van der Waals surface area contributed by atoms with E-state index < -0.39 is 0 Å². The molecule has 4 rings (SSSR count). The molecular formula is C13H10ClNO2. The fraction of sp³-hybridized carbons (Fsp3) is 0.231. The Bertz CT molecular complexity index is 685. The van der Waals surface area contributed by atoms with Gasteiger partial charge in [0.15, 0.2) is 5.58 Å². The molecule has 0 bridgehead atoms. The summed E-state index contributed by atoms with van der Waals surface area (Å²) in [6.45, 7) is 0. The quantitative estimate of drug-likeness (QED) is 0.712. The zero-order valence-corrected chi connectivity index (χ0v) is 9.75. The number of halogens is 1. The van der Waals surface area contributed by atoms with Crippen molar-refractivity contribution in [2.24, 2.45) is 5.73 Å². The van der Waals surface area contributed by atoms with Crippen LogP contribution in [0.3, 0.4) is 0 Å². The monoisotopic (exact) mass is 247 g/mol. The zero-order valence-electron chi connectivity index (χ0n) is 9.00. The van der Waals surface area contributed by atoms with E-state index in [1.54, 1.807) is 12.5 Å². The van der Waals surface area contributed by atoms with Gasteiger partial charge in [0.2, 0.25) is 0 Å². The SMILES string of the molecule is NC1(c2c3ccoc3c(Cl)c3ccoc23)CC1. The maximum atomic E-state index is 6.32. The molecule has 1 aromatic carbocycles. The molecule has 1 aliphatic rings. The number of hydrogen-bond acceptors (Lipinski definition) is 3. The lowest BCUT2D eigenvalue weighted by Gasteiger charge is -2.11. The summed E-state index contributed by atoms with van der Waals surface area (Å²) in [5.41, 5.74) is 8.58. The first-order chi connectivity index (χ1) is 8.21. The molecule has 0 saturated heterocycles. The summed E-state index contributed by atoms with van der Waals surface area (Å²) >= 11 is 6.31. The fourth-order valence-electron chi connectivity index (χ4n) is 2.48. The van der Waals surface area contributed by atoms with Crippen molar-refractivity contribution in [3.05, 3.63) is 35.2 Å². The van der Waals surface area contributed by atoms with Crippen molar-refractivity contribution in [3.8, 4) is 0 Å². The highest BCUT2D eigenvalue weighted by Crippen LogP contribution is 2.50. The summed E-state index contributed by atoms with van der Waals surface area (Å²) in [5, 5.41) is 2.44. The molecule has 0 amide bonds. The van der Waals surface area contributed by atoms with Crippen LogP contribution in [0.25, 0.3) is 21.9 Å². The number of fused-ring (bicyclic) bond motifs is 2. The third-order valence-corrected chi connectivity index (χ3v) is 3.92. The number of hydrogen-bond donors (Lipinski definition) is 1. The van der Waals surface area contributed by atoms with E-state index in [9.17, 15) is 0 Å². The van der Waals surface area contributed by atoms with Crippen LogP contribution in [0.4, 0.5) is 0 Å². The van der Waals surface area contributed by atoms with E-state index >= 15 is 0 Å². The van der Waals surface area contributed by atoms with Crippen molar-refractivity contribution in [1.82, 2.24) is 0 Å². The van der Waals surface area contributed by atoms with Gasteiger partial charge in [-0.2, -0.15) is 0 Å². The van der Waals surface area contributed by atoms with E-state index in [4.69, 9.17) is 26.2 Å². The summed E-state index contributed by atoms with van der Waals surface area (Å²) < 4.78 is 11.0. The molecule has 1 aliphatic carbocycles. The maximum absolute atomic E-state index is 6.32. The first-order valence-electron chi connectivity index (χ1n) is 5.56. The molecule has 3 aromatic rings. The lowest BCUT2D eigenvalue weighted by atomic mass is 9.99. The highest BCUT2D eigenvalue weighted by Gasteiger charge is 2.44. The summed E-state index contributed by atoms with van der Waals surface area (Å²) in [7, 11) is 0. The average molecular weight is 248 g/mol. The molecule has 17 heavy (non-hydrogen) atoms. The molecular weight excluding hydrogens is 238 g/mol. The number of furan rings is 2. The zero-order chi connectivity index (χ0) is 11.6. The van der Waals surface area contributed by atoms with Crippen LogP contribution in [0, 0.1) is 0 Å². The second-order valence-electron chi connectivity index (χ2n) is 4.67. The molecule has 2 N–H and O–H groups in total. The van der Waals surface area contributed by atoms with Gasteiger partial charge in [-0.15, -0.1) is 0 Å². The molecule has 0 radical (unpaired) electrons. The molecule has 2 aromatic heterocycles. The second-order valence-corrected chi connectivity index (χ2v) is 5.05. The minimum absolute atomic E-state index is 0.275. The summed E-state index contributed by atoms with van der Waals surface area (Å²) in [4.78, 5) is 0. The van der Waals surface area contributed by atoms with E-state index in [0.29, 0.717) is 10.6 Å². The summed E-state index contributed by atoms with van der Waals surface area (Å²) in [6.07, 6.45) is 5.24. The van der Waals surface area contributed by atoms with Gasteiger partial charge >= 0.3 is 0 Å². The molecule has 0 aliphatic heterocycles. The Hall–Kier alpha value is -1.45. The van der Waals surface area contributed by atoms with Crippen LogP contribution in [0.5, 0.6) is 0 Å². The van der Waals surface area contributed by atoms with E-state index in [2.05, 4.69) is 0 Å². The molecule has 0 unspecified atom stereocenters. The van der Waals surface area contributed by atoms with Crippen LogP contribution in [0.1, 0.15) is 18.4 Å². The van der Waals surface area contributed by atoms with Crippen LogP contribution in [-0.4, -0.2) is 0 Å². The molecule has 0 spiro atoms. The van der Waals surface area contributed by atoms with Crippen LogP contribution < -0.4 is 5.73 Å². The van der Waals surface area contributed by atoms with Crippen molar-refractivity contribution in [1.29, 1.82) is 0 Å². The number of nitrogens with two attached hydrogens (primary N) is 1. The third-order valence-electron chi connectivity index (χ3n) is 3.55. The van der Waals surface area contributed by atoms with Crippen molar-refractivity contribution in [2.45, 2.75) is 18.4 Å². The van der Waals surface area contributed by atoms with Crippen LogP contribution in [0.15, 0.2) is 33.5 Å². The lowest BCUT2D eigenvalue weighted by molar-refractivity contribution is 0.599. The van der Waals surface area contributed by atoms with Gasteiger partial charge in [0, 0.05) is 21.9 Å². The Balaban J connectivity index is 2.29. The van der Waals surface area contributed by atoms with Crippen LogP contribution in [0.2, 0.25) is 5.02 Å². The molecule has 1 saturated carbocycles. The van der Waals surface area contributed by atoms with Gasteiger partial charge in [0.05, 0.1) is 17.5 Å². The minimum Gasteiger partial charge on any atom is -0.464 e. The van der Waals surface area contributed by atoms with E-state index in [-0.39, 0.29) is 5.54 Å². The highest BCUT2D eigenvalue weighted by atomic mass is 35.5. The van der Waals surface area contributed by atoms with E-state index in [1.165, 1.54) is 0 Å². The van der Waals surface area contributed by atoms with Gasteiger partial charge in [-0.05, 0) is 25.0 Å². The number of benzene rings is 1. The lowest BCUT2D eigenvalue weighted by Crippen LogP contribution is -2.19. The fourth-order valence-corrected chi connectivity index (χ4v) is 2.77. The topological polar surface area (TPSA) is 52.3 Å². The predicted molar refractivity (Wildman–Crippen MR) is 66.1 cm³/mol. The van der Waals surface area contributed by atoms with Crippen molar-refractivity contribution in [3.63, 3.8) is 0 Å². The smallest absolute Gasteiger partial charge is 0.153 e. The minimum atomic E-state index is -0.275. The summed E-state index contributed by atoms with van der Waals surface area (Å²) in [6, 6.07) is 3.76.